The normalized spacial score (nSPS) is 12.4. The number of halogens is 2. The van der Waals surface area contributed by atoms with E-state index in [4.69, 9.17) is 27.8 Å². The fourth-order valence-electron chi connectivity index (χ4n) is 0.238. The van der Waals surface area contributed by atoms with E-state index in [2.05, 4.69) is 0 Å². The highest BCUT2D eigenvalue weighted by molar-refractivity contribution is 7.85. The summed E-state index contributed by atoms with van der Waals surface area (Å²) in [6.45, 7) is 0. The monoisotopic (exact) mass is 192 g/mol. The molecular weight excluding hydrogens is 187 g/mol. The molecule has 0 spiro atoms. The van der Waals surface area contributed by atoms with Crippen LogP contribution in [0, 0.1) is 0 Å². The van der Waals surface area contributed by atoms with E-state index in [1.54, 1.807) is 0 Å². The van der Waals surface area contributed by atoms with Gasteiger partial charge in [0.2, 0.25) is 0 Å². The molecule has 0 aliphatic carbocycles. The Balaban J connectivity index is 3.53. The molecule has 0 radical (unpaired) electrons. The van der Waals surface area contributed by atoms with E-state index in [0.717, 1.165) is 0 Å². The molecule has 0 aliphatic rings. The minimum absolute atomic E-state index is 0.0575. The molecule has 0 saturated carbocycles. The van der Waals surface area contributed by atoms with Crippen molar-refractivity contribution in [3.63, 3.8) is 0 Å². The lowest BCUT2D eigenvalue weighted by atomic mass is 10.6. The van der Waals surface area contributed by atoms with Crippen molar-refractivity contribution < 1.29 is 13.0 Å². The molecule has 0 aromatic heterocycles. The van der Waals surface area contributed by atoms with Gasteiger partial charge < -0.3 is 0 Å². The van der Waals surface area contributed by atoms with Crippen LogP contribution in [0.1, 0.15) is 6.42 Å². The third kappa shape index (κ3) is 8.49. The van der Waals surface area contributed by atoms with Gasteiger partial charge in [0.15, 0.2) is 0 Å². The van der Waals surface area contributed by atoms with Crippen molar-refractivity contribution in [3.8, 4) is 0 Å². The second kappa shape index (κ2) is 3.61. The third-order valence-electron chi connectivity index (χ3n) is 0.594. The van der Waals surface area contributed by atoms with Gasteiger partial charge >= 0.3 is 0 Å². The molecule has 0 aromatic carbocycles. The molecule has 3 nitrogen and oxygen atoms in total. The van der Waals surface area contributed by atoms with Gasteiger partial charge in [0.25, 0.3) is 10.1 Å². The Hall–Kier alpha value is 0.490. The summed E-state index contributed by atoms with van der Waals surface area (Å²) in [6, 6.07) is 0. The molecule has 0 aromatic rings. The largest absolute Gasteiger partial charge is 0.286 e. The minimum atomic E-state index is -3.89. The van der Waals surface area contributed by atoms with Crippen molar-refractivity contribution in [1.82, 2.24) is 0 Å². The van der Waals surface area contributed by atoms with Crippen molar-refractivity contribution in [2.75, 3.05) is 5.75 Å². The van der Waals surface area contributed by atoms with E-state index in [0.29, 0.717) is 0 Å². The van der Waals surface area contributed by atoms with Gasteiger partial charge in [-0.15, -0.1) is 23.2 Å². The van der Waals surface area contributed by atoms with Crippen LogP contribution in [0.5, 0.6) is 0 Å². The van der Waals surface area contributed by atoms with E-state index in [9.17, 15) is 8.42 Å². The lowest BCUT2D eigenvalue weighted by Crippen LogP contribution is -2.06. The van der Waals surface area contributed by atoms with Crippen LogP contribution in [0.25, 0.3) is 0 Å². The van der Waals surface area contributed by atoms with Crippen LogP contribution in [-0.2, 0) is 10.1 Å². The summed E-state index contributed by atoms with van der Waals surface area (Å²) in [5.74, 6) is -0.384. The molecule has 0 fully saturated rings. The first-order valence-corrected chi connectivity index (χ1v) is 4.63. The van der Waals surface area contributed by atoms with E-state index in [1.807, 2.05) is 0 Å². The Morgan fingerprint density at radius 2 is 1.89 bits per heavy atom. The first-order valence-electron chi connectivity index (χ1n) is 2.15. The molecule has 0 saturated heterocycles. The zero-order valence-corrected chi connectivity index (χ0v) is 6.75. The van der Waals surface area contributed by atoms with Crippen molar-refractivity contribution in [1.29, 1.82) is 0 Å². The average molecular weight is 193 g/mol. The highest BCUT2D eigenvalue weighted by atomic mass is 35.5. The Morgan fingerprint density at radius 3 is 2.00 bits per heavy atom. The van der Waals surface area contributed by atoms with Crippen LogP contribution in [0.2, 0.25) is 0 Å². The standard InChI is InChI=1S/C3H6Cl2O3S/c4-3(5)1-2-9(6,7)8/h3H,1-2H2,(H,6,7,8). The molecule has 1 N–H and O–H groups in total. The summed E-state index contributed by atoms with van der Waals surface area (Å²) in [4.78, 5) is -0.730. The highest BCUT2D eigenvalue weighted by Gasteiger charge is 2.07. The third-order valence-corrected chi connectivity index (χ3v) is 1.78. The molecule has 6 heteroatoms. The molecule has 0 heterocycles. The summed E-state index contributed by atoms with van der Waals surface area (Å²) in [5.41, 5.74) is 0. The zero-order valence-electron chi connectivity index (χ0n) is 4.42. The second-order valence-electron chi connectivity index (χ2n) is 1.47. The van der Waals surface area contributed by atoms with Gasteiger partial charge in [0.1, 0.15) is 4.84 Å². The van der Waals surface area contributed by atoms with Crippen LogP contribution in [-0.4, -0.2) is 23.6 Å². The van der Waals surface area contributed by atoms with Gasteiger partial charge in [-0.05, 0) is 6.42 Å². The molecule has 56 valence electrons. The van der Waals surface area contributed by atoms with Gasteiger partial charge in [-0.1, -0.05) is 0 Å². The van der Waals surface area contributed by atoms with Crippen molar-refractivity contribution >= 4 is 33.3 Å². The summed E-state index contributed by atoms with van der Waals surface area (Å²) in [5, 5.41) is 0. The van der Waals surface area contributed by atoms with Gasteiger partial charge in [-0.25, -0.2) is 0 Å². The summed E-state index contributed by atoms with van der Waals surface area (Å²) < 4.78 is 28.1. The minimum Gasteiger partial charge on any atom is -0.286 e. The summed E-state index contributed by atoms with van der Waals surface area (Å²) in [7, 11) is -3.89. The van der Waals surface area contributed by atoms with E-state index >= 15 is 0 Å². The fraction of sp³-hybridized carbons (Fsp3) is 1.00. The van der Waals surface area contributed by atoms with E-state index < -0.39 is 15.0 Å². The first kappa shape index (κ1) is 9.49. The summed E-state index contributed by atoms with van der Waals surface area (Å²) in [6.07, 6.45) is 0.0575. The van der Waals surface area contributed by atoms with Gasteiger partial charge in [0.05, 0.1) is 5.75 Å². The maximum absolute atomic E-state index is 9.97. The van der Waals surface area contributed by atoms with Crippen molar-refractivity contribution in [2.24, 2.45) is 0 Å². The molecule has 0 atom stereocenters. The topological polar surface area (TPSA) is 54.4 Å². The van der Waals surface area contributed by atoms with Crippen LogP contribution < -0.4 is 0 Å². The van der Waals surface area contributed by atoms with Crippen LogP contribution in [0.4, 0.5) is 0 Å². The highest BCUT2D eigenvalue weighted by Crippen LogP contribution is 2.07. The SMILES string of the molecule is O=S(=O)(O)CCC(Cl)Cl. The number of rotatable bonds is 3. The average Bonchev–Trinajstić information content (AvgIpc) is 1.59. The fourth-order valence-corrected chi connectivity index (χ4v) is 1.25. The molecule has 0 bridgehead atoms. The lowest BCUT2D eigenvalue weighted by molar-refractivity contribution is 0.482. The summed E-state index contributed by atoms with van der Waals surface area (Å²) >= 11 is 10.3. The predicted octanol–water partition coefficient (Wildman–Crippen LogP) is 1.07. The molecule has 0 amide bonds. The maximum Gasteiger partial charge on any atom is 0.264 e. The van der Waals surface area contributed by atoms with Gasteiger partial charge in [-0.2, -0.15) is 8.42 Å². The number of alkyl halides is 2. The predicted molar refractivity (Wildman–Crippen MR) is 36.5 cm³/mol. The first-order chi connectivity index (χ1) is 3.92. The van der Waals surface area contributed by atoms with Crippen LogP contribution >= 0.6 is 23.2 Å². The molecule has 9 heavy (non-hydrogen) atoms. The number of hydrogen-bond acceptors (Lipinski definition) is 2. The van der Waals surface area contributed by atoms with E-state index in [-0.39, 0.29) is 12.2 Å². The van der Waals surface area contributed by atoms with Gasteiger partial charge in [0, 0.05) is 0 Å². The second-order valence-corrected chi connectivity index (χ2v) is 4.31. The Morgan fingerprint density at radius 1 is 1.44 bits per heavy atom. The Bertz CT molecular complexity index is 162. The zero-order chi connectivity index (χ0) is 7.49. The Kier molecular flexibility index (Phi) is 3.80. The van der Waals surface area contributed by atoms with Crippen LogP contribution in [0.15, 0.2) is 0 Å². The van der Waals surface area contributed by atoms with Gasteiger partial charge in [-0.3, -0.25) is 4.55 Å². The van der Waals surface area contributed by atoms with E-state index in [1.165, 1.54) is 0 Å². The Labute approximate surface area is 63.7 Å². The quantitative estimate of drug-likeness (QED) is 0.538. The van der Waals surface area contributed by atoms with Crippen molar-refractivity contribution in [2.45, 2.75) is 11.3 Å². The van der Waals surface area contributed by atoms with Crippen LogP contribution in [0.3, 0.4) is 0 Å². The molecular formula is C3H6Cl2O3S. The van der Waals surface area contributed by atoms with Crippen molar-refractivity contribution in [3.05, 3.63) is 0 Å². The number of hydrogen-bond donors (Lipinski definition) is 1. The molecule has 0 aliphatic heterocycles. The smallest absolute Gasteiger partial charge is 0.264 e. The molecule has 0 rings (SSSR count). The maximum atomic E-state index is 9.97. The lowest BCUT2D eigenvalue weighted by Gasteiger charge is -1.95. The molecule has 0 unspecified atom stereocenters.